The standard InChI is InChI=1S/C27H29Cl3N6O3/c1-4-5-18(13-37)32-27(39)31-17-8-6-15(7-9-17)10-21-33-25-22(26(38)34-21)23(14(2)3)35-36(25)24-19(29)11-16(28)12-20(24)30/h6-9,11-12,14,18,37H,4-5,10,13H2,1-3H3,(H2,31,32,39)(H,33,34,38). The lowest BCUT2D eigenvalue weighted by Gasteiger charge is -2.16. The molecule has 4 N–H and O–H groups in total. The van der Waals surface area contributed by atoms with Crippen LogP contribution in [0.2, 0.25) is 15.1 Å². The second-order valence-corrected chi connectivity index (χ2v) is 10.8. The molecule has 4 rings (SSSR count). The van der Waals surface area contributed by atoms with Gasteiger partial charge in [0.2, 0.25) is 0 Å². The number of aliphatic hydroxyl groups is 1. The highest BCUT2D eigenvalue weighted by Crippen LogP contribution is 2.34. The van der Waals surface area contributed by atoms with E-state index in [1.807, 2.05) is 32.9 Å². The van der Waals surface area contributed by atoms with Gasteiger partial charge in [-0.15, -0.1) is 0 Å². The van der Waals surface area contributed by atoms with Gasteiger partial charge in [-0.3, -0.25) is 4.79 Å². The zero-order valence-electron chi connectivity index (χ0n) is 21.7. The highest BCUT2D eigenvalue weighted by Gasteiger charge is 2.23. The highest BCUT2D eigenvalue weighted by atomic mass is 35.5. The Morgan fingerprint density at radius 3 is 2.38 bits per heavy atom. The summed E-state index contributed by atoms with van der Waals surface area (Å²) in [4.78, 5) is 33.1. The molecule has 206 valence electrons. The molecule has 0 spiro atoms. The number of carbonyl (C=O) groups is 1. The zero-order valence-corrected chi connectivity index (χ0v) is 24.0. The number of urea groups is 1. The summed E-state index contributed by atoms with van der Waals surface area (Å²) < 4.78 is 1.49. The second-order valence-electron chi connectivity index (χ2n) is 9.52. The van der Waals surface area contributed by atoms with Crippen LogP contribution < -0.4 is 16.2 Å². The van der Waals surface area contributed by atoms with Crippen LogP contribution in [0.1, 0.15) is 56.6 Å². The van der Waals surface area contributed by atoms with Crippen molar-refractivity contribution in [1.82, 2.24) is 25.1 Å². The first-order valence-electron chi connectivity index (χ1n) is 12.5. The van der Waals surface area contributed by atoms with Gasteiger partial charge in [-0.2, -0.15) is 5.10 Å². The molecular weight excluding hydrogens is 563 g/mol. The fraction of sp³-hybridized carbons (Fsp3) is 0.333. The molecule has 0 saturated heterocycles. The lowest BCUT2D eigenvalue weighted by molar-refractivity contribution is 0.220. The molecule has 0 aliphatic carbocycles. The highest BCUT2D eigenvalue weighted by molar-refractivity contribution is 6.40. The van der Waals surface area contributed by atoms with Gasteiger partial charge >= 0.3 is 6.03 Å². The van der Waals surface area contributed by atoms with Crippen molar-refractivity contribution in [3.63, 3.8) is 0 Å². The summed E-state index contributed by atoms with van der Waals surface area (Å²) in [6.45, 7) is 5.74. The molecule has 9 nitrogen and oxygen atoms in total. The SMILES string of the molecule is CCCC(CO)NC(=O)Nc1ccc(Cc2nc3c(c(C(C)C)nn3-c3c(Cl)cc(Cl)cc3Cl)c(=O)[nH]2)cc1. The minimum absolute atomic E-state index is 0.0563. The van der Waals surface area contributed by atoms with Gasteiger partial charge in [0.15, 0.2) is 5.65 Å². The maximum Gasteiger partial charge on any atom is 0.319 e. The van der Waals surface area contributed by atoms with Crippen molar-refractivity contribution in [3.8, 4) is 5.69 Å². The van der Waals surface area contributed by atoms with Gasteiger partial charge in [0.1, 0.15) is 16.9 Å². The number of H-pyrrole nitrogens is 1. The monoisotopic (exact) mass is 590 g/mol. The molecule has 0 aliphatic heterocycles. The Kier molecular flexibility index (Phi) is 9.17. The fourth-order valence-electron chi connectivity index (χ4n) is 4.29. The van der Waals surface area contributed by atoms with Crippen LogP contribution in [-0.4, -0.2) is 43.5 Å². The van der Waals surface area contributed by atoms with Gasteiger partial charge in [-0.25, -0.2) is 14.5 Å². The molecule has 0 bridgehead atoms. The number of aromatic nitrogens is 4. The van der Waals surface area contributed by atoms with Crippen LogP contribution in [-0.2, 0) is 6.42 Å². The van der Waals surface area contributed by atoms with Crippen LogP contribution >= 0.6 is 34.8 Å². The first-order valence-corrected chi connectivity index (χ1v) is 13.7. The van der Waals surface area contributed by atoms with Crippen LogP contribution in [0.15, 0.2) is 41.2 Å². The number of hydrogen-bond donors (Lipinski definition) is 4. The average molecular weight is 592 g/mol. The zero-order chi connectivity index (χ0) is 28.3. The maximum absolute atomic E-state index is 13.2. The Hall–Kier alpha value is -3.11. The van der Waals surface area contributed by atoms with Crippen molar-refractivity contribution in [2.45, 2.75) is 52.0 Å². The summed E-state index contributed by atoms with van der Waals surface area (Å²) >= 11 is 19.1. The third-order valence-electron chi connectivity index (χ3n) is 6.13. The molecule has 0 radical (unpaired) electrons. The van der Waals surface area contributed by atoms with Gasteiger partial charge in [-0.1, -0.05) is 74.1 Å². The summed E-state index contributed by atoms with van der Waals surface area (Å²) in [5, 5.41) is 20.9. The predicted octanol–water partition coefficient (Wildman–Crippen LogP) is 6.07. The van der Waals surface area contributed by atoms with E-state index in [0.29, 0.717) is 51.8 Å². The number of carbonyl (C=O) groups excluding carboxylic acids is 1. The number of rotatable bonds is 9. The van der Waals surface area contributed by atoms with E-state index in [9.17, 15) is 14.7 Å². The van der Waals surface area contributed by atoms with Crippen LogP contribution in [0.25, 0.3) is 16.7 Å². The molecule has 2 aromatic heterocycles. The van der Waals surface area contributed by atoms with Crippen molar-refractivity contribution in [3.05, 3.63) is 78.9 Å². The van der Waals surface area contributed by atoms with Gasteiger partial charge in [0.05, 0.1) is 28.4 Å². The van der Waals surface area contributed by atoms with E-state index >= 15 is 0 Å². The average Bonchev–Trinajstić information content (AvgIpc) is 3.24. The first-order chi connectivity index (χ1) is 18.6. The topological polar surface area (TPSA) is 125 Å². The minimum atomic E-state index is -0.388. The van der Waals surface area contributed by atoms with Crippen molar-refractivity contribution in [2.75, 3.05) is 11.9 Å². The maximum atomic E-state index is 13.2. The number of aromatic amines is 1. The van der Waals surface area contributed by atoms with E-state index in [4.69, 9.17) is 39.8 Å². The molecule has 12 heteroatoms. The lowest BCUT2D eigenvalue weighted by atomic mass is 10.1. The van der Waals surface area contributed by atoms with Gasteiger partial charge in [-0.05, 0) is 42.2 Å². The van der Waals surface area contributed by atoms with Crippen molar-refractivity contribution in [1.29, 1.82) is 0 Å². The van der Waals surface area contributed by atoms with Crippen LogP contribution in [0, 0.1) is 0 Å². The number of nitrogens with one attached hydrogen (secondary N) is 3. The van der Waals surface area contributed by atoms with Gasteiger partial charge in [0.25, 0.3) is 5.56 Å². The van der Waals surface area contributed by atoms with E-state index in [2.05, 4.69) is 20.7 Å². The van der Waals surface area contributed by atoms with E-state index in [1.54, 1.807) is 24.3 Å². The molecule has 0 fully saturated rings. The number of aliphatic hydroxyl groups excluding tert-OH is 1. The fourth-order valence-corrected chi connectivity index (χ4v) is 5.26. The predicted molar refractivity (Wildman–Crippen MR) is 156 cm³/mol. The third-order valence-corrected chi connectivity index (χ3v) is 6.92. The van der Waals surface area contributed by atoms with Crippen molar-refractivity contribution >= 4 is 57.6 Å². The number of benzene rings is 2. The Labute approximate surface area is 240 Å². The normalized spacial score (nSPS) is 12.2. The van der Waals surface area contributed by atoms with Crippen LogP contribution in [0.5, 0.6) is 0 Å². The molecule has 1 atom stereocenters. The number of fused-ring (bicyclic) bond motifs is 1. The van der Waals surface area contributed by atoms with Crippen molar-refractivity contribution < 1.29 is 9.90 Å². The Morgan fingerprint density at radius 1 is 1.13 bits per heavy atom. The quantitative estimate of drug-likeness (QED) is 0.188. The Balaban J connectivity index is 1.63. The third kappa shape index (κ3) is 6.55. The Morgan fingerprint density at radius 2 is 1.79 bits per heavy atom. The molecule has 0 saturated carbocycles. The van der Waals surface area contributed by atoms with E-state index in [1.165, 1.54) is 4.68 Å². The molecular formula is C27H29Cl3N6O3. The van der Waals surface area contributed by atoms with Crippen LogP contribution in [0.3, 0.4) is 0 Å². The Bertz CT molecular complexity index is 1530. The van der Waals surface area contributed by atoms with Gasteiger partial charge in [0, 0.05) is 17.1 Å². The largest absolute Gasteiger partial charge is 0.394 e. The molecule has 2 amide bonds. The number of halogens is 3. The molecule has 2 aromatic carbocycles. The van der Waals surface area contributed by atoms with Crippen molar-refractivity contribution in [2.24, 2.45) is 0 Å². The number of anilines is 1. The summed E-state index contributed by atoms with van der Waals surface area (Å²) in [7, 11) is 0. The summed E-state index contributed by atoms with van der Waals surface area (Å²) in [5.41, 5.74) is 2.44. The summed E-state index contributed by atoms with van der Waals surface area (Å²) in [6.07, 6.45) is 1.86. The molecule has 0 aliphatic rings. The van der Waals surface area contributed by atoms with E-state index in [-0.39, 0.29) is 40.2 Å². The first kappa shape index (κ1) is 28.9. The molecule has 4 aromatic rings. The molecule has 1 unspecified atom stereocenters. The minimum Gasteiger partial charge on any atom is -0.394 e. The van der Waals surface area contributed by atoms with Crippen LogP contribution in [0.4, 0.5) is 10.5 Å². The van der Waals surface area contributed by atoms with E-state index in [0.717, 1.165) is 12.0 Å². The number of nitrogens with zero attached hydrogens (tertiary/aromatic N) is 3. The smallest absolute Gasteiger partial charge is 0.319 e. The summed E-state index contributed by atoms with van der Waals surface area (Å²) in [5.74, 6) is 0.369. The summed E-state index contributed by atoms with van der Waals surface area (Å²) in [6, 6.07) is 9.62. The second kappa shape index (κ2) is 12.4. The van der Waals surface area contributed by atoms with Gasteiger partial charge < -0.3 is 20.7 Å². The lowest BCUT2D eigenvalue weighted by Crippen LogP contribution is -2.40. The number of amides is 2. The van der Waals surface area contributed by atoms with E-state index < -0.39 is 0 Å². The molecule has 2 heterocycles. The number of hydrogen-bond acceptors (Lipinski definition) is 5. The molecule has 39 heavy (non-hydrogen) atoms.